The number of hydrogen-bond donors (Lipinski definition) is 0. The highest BCUT2D eigenvalue weighted by atomic mass is 16.5. The zero-order valence-electron chi connectivity index (χ0n) is 10.0. The van der Waals surface area contributed by atoms with Crippen LogP contribution in [0.2, 0.25) is 0 Å². The van der Waals surface area contributed by atoms with Crippen LogP contribution in [0, 0.1) is 0 Å². The average Bonchev–Trinajstić information content (AvgIpc) is 2.38. The minimum atomic E-state index is 0.904. The summed E-state index contributed by atoms with van der Waals surface area (Å²) in [5.41, 5.74) is 1.10. The number of ether oxygens (including phenoxy) is 2. The van der Waals surface area contributed by atoms with Crippen LogP contribution in [0.3, 0.4) is 0 Å². The Labute approximate surface area is 97.0 Å². The number of nitrogens with zero attached hydrogens (tertiary/aromatic N) is 1. The molecule has 16 heavy (non-hydrogen) atoms. The van der Waals surface area contributed by atoms with Crippen molar-refractivity contribution in [3.05, 3.63) is 18.2 Å². The lowest BCUT2D eigenvalue weighted by Gasteiger charge is -2.31. The molecule has 1 aliphatic rings. The number of rotatable bonds is 3. The first kappa shape index (κ1) is 11.1. The van der Waals surface area contributed by atoms with E-state index in [1.807, 2.05) is 18.2 Å². The highest BCUT2D eigenvalue weighted by Crippen LogP contribution is 2.38. The fraction of sp³-hybridized carbons (Fsp3) is 0.538. The molecule has 0 amide bonds. The maximum absolute atomic E-state index is 5.42. The zero-order valence-corrected chi connectivity index (χ0v) is 10.0. The Hall–Kier alpha value is -1.38. The van der Waals surface area contributed by atoms with Crippen molar-refractivity contribution in [1.29, 1.82) is 0 Å². The summed E-state index contributed by atoms with van der Waals surface area (Å²) < 4.78 is 10.8. The van der Waals surface area contributed by atoms with E-state index in [0.717, 1.165) is 30.3 Å². The molecular formula is C13H19NO2. The summed E-state index contributed by atoms with van der Waals surface area (Å²) in [6.45, 7) is 2.19. The maximum Gasteiger partial charge on any atom is 0.145 e. The van der Waals surface area contributed by atoms with Gasteiger partial charge in [-0.3, -0.25) is 0 Å². The van der Waals surface area contributed by atoms with Gasteiger partial charge in [0.2, 0.25) is 0 Å². The van der Waals surface area contributed by atoms with Crippen molar-refractivity contribution in [2.75, 3.05) is 32.2 Å². The predicted molar refractivity (Wildman–Crippen MR) is 65.6 cm³/mol. The van der Waals surface area contributed by atoms with Gasteiger partial charge >= 0.3 is 0 Å². The minimum absolute atomic E-state index is 0.904. The van der Waals surface area contributed by atoms with Crippen molar-refractivity contribution in [3.63, 3.8) is 0 Å². The van der Waals surface area contributed by atoms with Gasteiger partial charge < -0.3 is 14.4 Å². The summed E-state index contributed by atoms with van der Waals surface area (Å²) in [4.78, 5) is 2.36. The number of methoxy groups -OCH3 is 2. The Morgan fingerprint density at radius 2 is 1.50 bits per heavy atom. The Bertz CT molecular complexity index is 324. The van der Waals surface area contributed by atoms with Crippen LogP contribution in [0.25, 0.3) is 0 Å². The number of para-hydroxylation sites is 1. The average molecular weight is 221 g/mol. The molecule has 1 heterocycles. The monoisotopic (exact) mass is 221 g/mol. The van der Waals surface area contributed by atoms with Crippen molar-refractivity contribution in [3.8, 4) is 11.5 Å². The predicted octanol–water partition coefficient (Wildman–Crippen LogP) is 2.69. The number of piperidine rings is 1. The maximum atomic E-state index is 5.42. The lowest BCUT2D eigenvalue weighted by molar-refractivity contribution is 0.391. The molecule has 0 atom stereocenters. The van der Waals surface area contributed by atoms with E-state index in [1.165, 1.54) is 19.3 Å². The quantitative estimate of drug-likeness (QED) is 0.783. The van der Waals surface area contributed by atoms with Crippen molar-refractivity contribution in [2.24, 2.45) is 0 Å². The van der Waals surface area contributed by atoms with Crippen LogP contribution in [0.4, 0.5) is 5.69 Å². The summed E-state index contributed by atoms with van der Waals surface area (Å²) in [5.74, 6) is 1.81. The molecule has 88 valence electrons. The van der Waals surface area contributed by atoms with Crippen molar-refractivity contribution < 1.29 is 9.47 Å². The number of hydrogen-bond acceptors (Lipinski definition) is 3. The molecule has 0 bridgehead atoms. The molecule has 0 unspecified atom stereocenters. The van der Waals surface area contributed by atoms with Gasteiger partial charge in [0.1, 0.15) is 17.2 Å². The third kappa shape index (κ3) is 2.08. The Morgan fingerprint density at radius 3 is 2.00 bits per heavy atom. The van der Waals surface area contributed by atoms with Crippen LogP contribution < -0.4 is 14.4 Å². The Kier molecular flexibility index (Phi) is 3.54. The molecule has 0 radical (unpaired) electrons. The summed E-state index contributed by atoms with van der Waals surface area (Å²) in [6.07, 6.45) is 3.83. The summed E-state index contributed by atoms with van der Waals surface area (Å²) in [5, 5.41) is 0. The zero-order chi connectivity index (χ0) is 11.4. The van der Waals surface area contributed by atoms with E-state index in [4.69, 9.17) is 9.47 Å². The Balaban J connectivity index is 2.34. The lowest BCUT2D eigenvalue weighted by Crippen LogP contribution is -2.30. The van der Waals surface area contributed by atoms with Crippen molar-refractivity contribution in [1.82, 2.24) is 0 Å². The molecule has 0 saturated carbocycles. The number of benzene rings is 1. The molecule has 3 heteroatoms. The minimum Gasteiger partial charge on any atom is -0.494 e. The molecule has 1 aromatic rings. The molecule has 0 spiro atoms. The van der Waals surface area contributed by atoms with Crippen LogP contribution >= 0.6 is 0 Å². The number of anilines is 1. The van der Waals surface area contributed by atoms with E-state index in [9.17, 15) is 0 Å². The van der Waals surface area contributed by atoms with Crippen LogP contribution in [0.1, 0.15) is 19.3 Å². The highest BCUT2D eigenvalue weighted by molar-refractivity contribution is 5.68. The molecule has 1 saturated heterocycles. The SMILES string of the molecule is COc1cccc(OC)c1N1CCCCC1. The van der Waals surface area contributed by atoms with Crippen molar-refractivity contribution in [2.45, 2.75) is 19.3 Å². The molecule has 2 rings (SSSR count). The summed E-state index contributed by atoms with van der Waals surface area (Å²) in [6, 6.07) is 5.95. The van der Waals surface area contributed by atoms with Gasteiger partial charge in [-0.05, 0) is 31.4 Å². The lowest BCUT2D eigenvalue weighted by atomic mass is 10.1. The fourth-order valence-corrected chi connectivity index (χ4v) is 2.26. The summed E-state index contributed by atoms with van der Waals surface area (Å²) in [7, 11) is 3.42. The smallest absolute Gasteiger partial charge is 0.145 e. The highest BCUT2D eigenvalue weighted by Gasteiger charge is 2.19. The summed E-state index contributed by atoms with van der Waals surface area (Å²) >= 11 is 0. The van der Waals surface area contributed by atoms with E-state index in [0.29, 0.717) is 0 Å². The molecular weight excluding hydrogens is 202 g/mol. The normalized spacial score (nSPS) is 16.0. The molecule has 1 fully saturated rings. The van der Waals surface area contributed by atoms with Crippen LogP contribution in [-0.4, -0.2) is 27.3 Å². The second-order valence-electron chi connectivity index (χ2n) is 4.06. The van der Waals surface area contributed by atoms with E-state index >= 15 is 0 Å². The second kappa shape index (κ2) is 5.10. The van der Waals surface area contributed by atoms with E-state index in [1.54, 1.807) is 14.2 Å². The van der Waals surface area contributed by atoms with Gasteiger partial charge in [0.05, 0.1) is 14.2 Å². The Morgan fingerprint density at radius 1 is 0.938 bits per heavy atom. The van der Waals surface area contributed by atoms with E-state index in [2.05, 4.69) is 4.90 Å². The van der Waals surface area contributed by atoms with Gasteiger partial charge in [-0.2, -0.15) is 0 Å². The van der Waals surface area contributed by atoms with Gasteiger partial charge in [-0.15, -0.1) is 0 Å². The largest absolute Gasteiger partial charge is 0.494 e. The molecule has 0 aromatic heterocycles. The first-order valence-electron chi connectivity index (χ1n) is 5.82. The third-order valence-electron chi connectivity index (χ3n) is 3.07. The second-order valence-corrected chi connectivity index (χ2v) is 4.06. The van der Waals surface area contributed by atoms with Crippen LogP contribution in [0.15, 0.2) is 18.2 Å². The molecule has 1 aliphatic heterocycles. The van der Waals surface area contributed by atoms with E-state index in [-0.39, 0.29) is 0 Å². The molecule has 1 aromatic carbocycles. The van der Waals surface area contributed by atoms with Crippen LogP contribution in [-0.2, 0) is 0 Å². The van der Waals surface area contributed by atoms with Gasteiger partial charge in [0.25, 0.3) is 0 Å². The van der Waals surface area contributed by atoms with Gasteiger partial charge in [0.15, 0.2) is 0 Å². The van der Waals surface area contributed by atoms with Crippen molar-refractivity contribution >= 4 is 5.69 Å². The topological polar surface area (TPSA) is 21.7 Å². The molecule has 0 aliphatic carbocycles. The third-order valence-corrected chi connectivity index (χ3v) is 3.07. The van der Waals surface area contributed by atoms with Gasteiger partial charge in [0, 0.05) is 13.1 Å². The van der Waals surface area contributed by atoms with Gasteiger partial charge in [-0.25, -0.2) is 0 Å². The van der Waals surface area contributed by atoms with Crippen LogP contribution in [0.5, 0.6) is 11.5 Å². The fourth-order valence-electron chi connectivity index (χ4n) is 2.26. The van der Waals surface area contributed by atoms with Gasteiger partial charge in [-0.1, -0.05) is 6.07 Å². The standard InChI is InChI=1S/C13H19NO2/c1-15-11-7-6-8-12(16-2)13(11)14-9-4-3-5-10-14/h6-8H,3-5,9-10H2,1-2H3. The first-order valence-corrected chi connectivity index (χ1v) is 5.82. The molecule has 0 N–H and O–H groups in total. The van der Waals surface area contributed by atoms with E-state index < -0.39 is 0 Å². The molecule has 3 nitrogen and oxygen atoms in total. The first-order chi connectivity index (χ1) is 7.86.